The van der Waals surface area contributed by atoms with Crippen molar-refractivity contribution < 1.29 is 4.92 Å². The monoisotopic (exact) mass is 262 g/mol. The summed E-state index contributed by atoms with van der Waals surface area (Å²) in [5, 5.41) is 13.2. The summed E-state index contributed by atoms with van der Waals surface area (Å²) in [6.45, 7) is 0. The quantitative estimate of drug-likeness (QED) is 0.561. The van der Waals surface area contributed by atoms with Crippen LogP contribution in [0.15, 0.2) is 35.3 Å². The fourth-order valence-electron chi connectivity index (χ4n) is 1.59. The Morgan fingerprint density at radius 3 is 2.89 bits per heavy atom. The summed E-state index contributed by atoms with van der Waals surface area (Å²) in [5.41, 5.74) is 0.944. The Kier molecular flexibility index (Phi) is 2.23. The maximum absolute atomic E-state index is 11.1. The number of H-pyrrole nitrogens is 1. The molecule has 8 heteroatoms. The van der Waals surface area contributed by atoms with Crippen molar-refractivity contribution in [2.45, 2.75) is 0 Å². The van der Waals surface area contributed by atoms with Gasteiger partial charge in [0.25, 0.3) is 5.56 Å². The molecule has 0 saturated carbocycles. The first kappa shape index (κ1) is 10.7. The third kappa shape index (κ3) is 1.68. The summed E-state index contributed by atoms with van der Waals surface area (Å²) in [6, 6.07) is 6.04. The second-order valence-corrected chi connectivity index (χ2v) is 4.62. The van der Waals surface area contributed by atoms with Gasteiger partial charge in [-0.15, -0.1) is 0 Å². The van der Waals surface area contributed by atoms with E-state index >= 15 is 0 Å². The lowest BCUT2D eigenvalue weighted by molar-refractivity contribution is -0.380. The summed E-state index contributed by atoms with van der Waals surface area (Å²) < 4.78 is 1.49. The number of rotatable bonds is 2. The van der Waals surface area contributed by atoms with Crippen LogP contribution in [-0.2, 0) is 0 Å². The van der Waals surface area contributed by atoms with Crippen LogP contribution in [0.5, 0.6) is 0 Å². The molecule has 3 aromatic heterocycles. The highest BCUT2D eigenvalue weighted by atomic mass is 32.1. The predicted molar refractivity (Wildman–Crippen MR) is 65.8 cm³/mol. The fraction of sp³-hybridized carbons (Fsp3) is 0. The number of nitrogens with one attached hydrogen (secondary N) is 1. The lowest BCUT2D eigenvalue weighted by Gasteiger charge is -1.88. The van der Waals surface area contributed by atoms with E-state index in [1.165, 1.54) is 16.6 Å². The van der Waals surface area contributed by atoms with Crippen LogP contribution in [0.1, 0.15) is 0 Å². The van der Waals surface area contributed by atoms with Crippen molar-refractivity contribution >= 4 is 22.0 Å². The zero-order valence-corrected chi connectivity index (χ0v) is 9.68. The van der Waals surface area contributed by atoms with Crippen molar-refractivity contribution in [3.05, 3.63) is 50.9 Å². The first-order valence-electron chi connectivity index (χ1n) is 4.96. The van der Waals surface area contributed by atoms with Crippen molar-refractivity contribution in [3.8, 4) is 10.6 Å². The molecule has 0 unspecified atom stereocenters. The van der Waals surface area contributed by atoms with Gasteiger partial charge in [-0.05, 0) is 12.1 Å². The molecular weight excluding hydrogens is 256 g/mol. The van der Waals surface area contributed by atoms with Crippen LogP contribution in [-0.4, -0.2) is 19.5 Å². The first-order chi connectivity index (χ1) is 8.63. The van der Waals surface area contributed by atoms with Crippen LogP contribution in [0.25, 0.3) is 16.2 Å². The van der Waals surface area contributed by atoms with E-state index in [9.17, 15) is 14.9 Å². The van der Waals surface area contributed by atoms with Gasteiger partial charge in [0.05, 0.1) is 16.0 Å². The third-order valence-corrected chi connectivity index (χ3v) is 3.43. The molecule has 0 aliphatic heterocycles. The molecule has 0 amide bonds. The van der Waals surface area contributed by atoms with E-state index in [1.54, 1.807) is 18.3 Å². The molecule has 0 saturated heterocycles. The molecule has 0 aliphatic rings. The SMILES string of the molecule is O=c1ccc2nc(-c3ccc([N+](=O)[O-])s3)cn2[nH]1. The minimum absolute atomic E-state index is 0.0653. The van der Waals surface area contributed by atoms with E-state index in [4.69, 9.17) is 0 Å². The summed E-state index contributed by atoms with van der Waals surface area (Å²) >= 11 is 1.05. The molecular formula is C10H6N4O3S. The third-order valence-electron chi connectivity index (χ3n) is 2.37. The van der Waals surface area contributed by atoms with Crippen LogP contribution in [0, 0.1) is 10.1 Å². The molecule has 3 heterocycles. The van der Waals surface area contributed by atoms with Crippen LogP contribution >= 0.6 is 11.3 Å². The largest absolute Gasteiger partial charge is 0.324 e. The Morgan fingerprint density at radius 1 is 1.33 bits per heavy atom. The van der Waals surface area contributed by atoms with Gasteiger partial charge in [-0.2, -0.15) is 0 Å². The van der Waals surface area contributed by atoms with Crippen LogP contribution in [0.2, 0.25) is 0 Å². The Labute approximate surface area is 103 Å². The van der Waals surface area contributed by atoms with E-state index in [1.807, 2.05) is 0 Å². The standard InChI is InChI=1S/C10H6N4O3S/c15-9-3-2-8-11-6(5-13(8)12-9)7-1-4-10(18-7)14(16)17/h1-5H,(H,12,15). The molecule has 18 heavy (non-hydrogen) atoms. The smallest absolute Gasteiger partial charge is 0.268 e. The Morgan fingerprint density at radius 2 is 2.17 bits per heavy atom. The number of nitro groups is 1. The van der Waals surface area contributed by atoms with Crippen molar-refractivity contribution in [1.82, 2.24) is 14.6 Å². The molecule has 7 nitrogen and oxygen atoms in total. The molecule has 0 atom stereocenters. The van der Waals surface area contributed by atoms with Crippen molar-refractivity contribution in [2.75, 3.05) is 0 Å². The van der Waals surface area contributed by atoms with Gasteiger partial charge in [-0.3, -0.25) is 20.0 Å². The normalized spacial score (nSPS) is 10.9. The van der Waals surface area contributed by atoms with Gasteiger partial charge in [-0.25, -0.2) is 9.50 Å². The maximum Gasteiger partial charge on any atom is 0.324 e. The van der Waals surface area contributed by atoms with Gasteiger partial charge < -0.3 is 0 Å². The van der Waals surface area contributed by atoms with Gasteiger partial charge in [0, 0.05) is 12.1 Å². The summed E-state index contributed by atoms with van der Waals surface area (Å²) in [5.74, 6) is 0. The van der Waals surface area contributed by atoms with Crippen molar-refractivity contribution in [2.24, 2.45) is 0 Å². The average Bonchev–Trinajstić information content (AvgIpc) is 2.93. The zero-order chi connectivity index (χ0) is 12.7. The van der Waals surface area contributed by atoms with Crippen molar-refractivity contribution in [3.63, 3.8) is 0 Å². The van der Waals surface area contributed by atoms with Crippen molar-refractivity contribution in [1.29, 1.82) is 0 Å². The number of hydrogen-bond acceptors (Lipinski definition) is 5. The fourth-order valence-corrected chi connectivity index (χ4v) is 2.37. The van der Waals surface area contributed by atoms with Gasteiger partial charge in [0.15, 0.2) is 5.65 Å². The minimum atomic E-state index is -0.439. The minimum Gasteiger partial charge on any atom is -0.268 e. The Balaban J connectivity index is 2.13. The number of thiophene rings is 1. The Bertz CT molecular complexity index is 801. The predicted octanol–water partition coefficient (Wildman–Crippen LogP) is 1.66. The van der Waals surface area contributed by atoms with Crippen LogP contribution in [0.3, 0.4) is 0 Å². The second-order valence-electron chi connectivity index (χ2n) is 3.56. The molecule has 1 N–H and O–H groups in total. The van der Waals surface area contributed by atoms with Gasteiger partial charge in [0.1, 0.15) is 5.69 Å². The highest BCUT2D eigenvalue weighted by Crippen LogP contribution is 2.31. The molecule has 0 spiro atoms. The molecule has 0 aromatic carbocycles. The summed E-state index contributed by atoms with van der Waals surface area (Å²) in [7, 11) is 0. The van der Waals surface area contributed by atoms with Gasteiger partial charge in [-0.1, -0.05) is 11.3 Å². The summed E-state index contributed by atoms with van der Waals surface area (Å²) in [6.07, 6.45) is 1.63. The molecule has 3 rings (SSSR count). The number of hydrogen-bond donors (Lipinski definition) is 1. The number of imidazole rings is 1. The van der Waals surface area contributed by atoms with E-state index in [0.29, 0.717) is 16.2 Å². The lowest BCUT2D eigenvalue weighted by atomic mass is 10.4. The topological polar surface area (TPSA) is 93.3 Å². The average molecular weight is 262 g/mol. The maximum atomic E-state index is 11.1. The van der Waals surface area contributed by atoms with Crippen LogP contribution in [0.4, 0.5) is 5.00 Å². The first-order valence-corrected chi connectivity index (χ1v) is 5.78. The number of nitrogens with zero attached hydrogens (tertiary/aromatic N) is 3. The molecule has 0 aliphatic carbocycles. The van der Waals surface area contributed by atoms with Crippen LogP contribution < -0.4 is 5.56 Å². The number of aromatic nitrogens is 3. The number of fused-ring (bicyclic) bond motifs is 1. The Hall–Kier alpha value is -2.48. The molecule has 0 bridgehead atoms. The molecule has 0 radical (unpaired) electrons. The van der Waals surface area contributed by atoms with E-state index in [0.717, 1.165) is 11.3 Å². The van der Waals surface area contributed by atoms with Gasteiger partial charge in [0.2, 0.25) is 0 Å². The molecule has 90 valence electrons. The second kappa shape index (κ2) is 3.77. The lowest BCUT2D eigenvalue weighted by Crippen LogP contribution is -2.07. The number of aromatic amines is 1. The zero-order valence-electron chi connectivity index (χ0n) is 8.86. The van der Waals surface area contributed by atoms with E-state index in [-0.39, 0.29) is 10.6 Å². The highest BCUT2D eigenvalue weighted by molar-refractivity contribution is 7.18. The molecule has 3 aromatic rings. The van der Waals surface area contributed by atoms with E-state index < -0.39 is 4.92 Å². The van der Waals surface area contributed by atoms with E-state index in [2.05, 4.69) is 10.1 Å². The highest BCUT2D eigenvalue weighted by Gasteiger charge is 2.13. The van der Waals surface area contributed by atoms with Gasteiger partial charge >= 0.3 is 5.00 Å². The molecule has 0 fully saturated rings. The summed E-state index contributed by atoms with van der Waals surface area (Å²) in [4.78, 5) is 26.3.